The molecule has 3 fully saturated rings. The van der Waals surface area contributed by atoms with Crippen molar-refractivity contribution in [3.63, 3.8) is 0 Å². The molecule has 2 saturated heterocycles. The number of carbonyl (C=O) groups excluding carboxylic acids is 4. The third-order valence-corrected chi connectivity index (χ3v) is 25.4. The van der Waals surface area contributed by atoms with Gasteiger partial charge in [-0.2, -0.15) is 0 Å². The summed E-state index contributed by atoms with van der Waals surface area (Å²) in [4.78, 5) is 66.7. The van der Waals surface area contributed by atoms with Gasteiger partial charge in [0.25, 0.3) is 0 Å². The third kappa shape index (κ3) is 53.1. The summed E-state index contributed by atoms with van der Waals surface area (Å²) in [6, 6.07) is 0. The first kappa shape index (κ1) is 112. The maximum Gasteiger partial charge on any atom is 0.472 e. The van der Waals surface area contributed by atoms with Crippen molar-refractivity contribution in [2.45, 2.75) is 537 Å². The summed E-state index contributed by atoms with van der Waals surface area (Å²) in [7, 11) is -5.81. The molecule has 26 heteroatoms. The first-order valence-corrected chi connectivity index (χ1v) is 50.8. The number of allylic oxidation sites excluding steroid dienone is 2. The predicted octanol–water partition coefficient (Wildman–Crippen LogP) is 19.0. The van der Waals surface area contributed by atoms with Crippen molar-refractivity contribution in [3.8, 4) is 0 Å². The smallest absolute Gasteiger partial charge is 0.463 e. The summed E-state index contributed by atoms with van der Waals surface area (Å²) in [6.07, 6.45) is 31.7. The number of carbonyl (C=O) groups is 4. The quantitative estimate of drug-likeness (QED) is 0.00889. The molecule has 3 aliphatic rings. The second-order valence-electron chi connectivity index (χ2n) is 35.6. The zero-order valence-electron chi connectivity index (χ0n) is 76.3. The standard InChI is InChI=1S/C95H177O25P/c1-6-10-14-18-22-25-28-31-34-37-40-43-46-49-57-63-69-81(100)117-90-86(105)87(106)91(118-94-88(107)84(103)82(101)76(70-96)115-94)93(92(90)119-95-89(108)85(104)83(102)77(116-95)73-112-79(98)67-61-54-47-44-41-38-35-32-29-26-23-19-15-11-7-2)120-121(109,110)113-72-75(114-80(99)68-62-56-48-45-42-39-36-33-30-27-24-20-16-12-8-3)71-111-78(97)66-60-55-51-50-53-59-65-74(5)64-58-52-21-17-13-9-4/h26,29,74-77,82-96,101-108H,6-25,27-28,30-73H2,1-5H3,(H,109,110)/b29-26-. The van der Waals surface area contributed by atoms with Crippen LogP contribution in [0.3, 0.4) is 0 Å². The van der Waals surface area contributed by atoms with E-state index in [0.29, 0.717) is 38.0 Å². The molecule has 712 valence electrons. The molecular formula is C95H177O25P. The van der Waals surface area contributed by atoms with Crippen molar-refractivity contribution in [1.29, 1.82) is 0 Å². The molecule has 121 heavy (non-hydrogen) atoms. The van der Waals surface area contributed by atoms with Gasteiger partial charge in [0.2, 0.25) is 0 Å². The molecule has 1 aliphatic carbocycles. The van der Waals surface area contributed by atoms with Gasteiger partial charge in [0.05, 0.1) is 13.2 Å². The van der Waals surface area contributed by atoms with Crippen LogP contribution in [0.5, 0.6) is 0 Å². The van der Waals surface area contributed by atoms with Crippen LogP contribution in [0.15, 0.2) is 12.2 Å². The van der Waals surface area contributed by atoms with Crippen molar-refractivity contribution < 1.29 is 122 Å². The molecule has 0 bridgehead atoms. The normalized spacial score (nSPS) is 24.9. The van der Waals surface area contributed by atoms with E-state index in [0.717, 1.165) is 148 Å². The Morgan fingerprint density at radius 2 is 0.669 bits per heavy atom. The molecule has 0 aromatic rings. The van der Waals surface area contributed by atoms with E-state index in [2.05, 4.69) is 46.8 Å². The first-order valence-electron chi connectivity index (χ1n) is 49.3. The van der Waals surface area contributed by atoms with Gasteiger partial charge in [-0.25, -0.2) is 4.57 Å². The molecule has 25 nitrogen and oxygen atoms in total. The topological polar surface area (TPSA) is 380 Å². The number of phosphoric acid groups is 1. The van der Waals surface area contributed by atoms with Crippen LogP contribution in [0, 0.1) is 5.92 Å². The van der Waals surface area contributed by atoms with Crippen LogP contribution in [0.2, 0.25) is 0 Å². The Labute approximate surface area is 731 Å². The van der Waals surface area contributed by atoms with E-state index in [-0.39, 0.29) is 25.7 Å². The number of rotatable bonds is 80. The summed E-state index contributed by atoms with van der Waals surface area (Å²) in [5.41, 5.74) is 0. The predicted molar refractivity (Wildman–Crippen MR) is 472 cm³/mol. The number of phosphoric ester groups is 1. The number of aliphatic hydroxyl groups excluding tert-OH is 9. The van der Waals surface area contributed by atoms with Gasteiger partial charge < -0.3 is 88.7 Å². The molecule has 10 N–H and O–H groups in total. The maximum absolute atomic E-state index is 14.9. The van der Waals surface area contributed by atoms with Gasteiger partial charge in [-0.3, -0.25) is 28.2 Å². The van der Waals surface area contributed by atoms with Crippen LogP contribution in [0.4, 0.5) is 0 Å². The molecule has 2 heterocycles. The van der Waals surface area contributed by atoms with Crippen molar-refractivity contribution >= 4 is 31.7 Å². The highest BCUT2D eigenvalue weighted by Gasteiger charge is 2.60. The van der Waals surface area contributed by atoms with E-state index in [9.17, 15) is 74.6 Å². The van der Waals surface area contributed by atoms with Gasteiger partial charge in [0.15, 0.2) is 24.8 Å². The number of aliphatic hydroxyl groups is 9. The summed E-state index contributed by atoms with van der Waals surface area (Å²) in [6.45, 7) is 7.97. The van der Waals surface area contributed by atoms with Crippen LogP contribution in [0.1, 0.15) is 433 Å². The van der Waals surface area contributed by atoms with E-state index >= 15 is 0 Å². The van der Waals surface area contributed by atoms with E-state index in [1.807, 2.05) is 0 Å². The van der Waals surface area contributed by atoms with Crippen molar-refractivity contribution in [2.24, 2.45) is 5.92 Å². The zero-order valence-corrected chi connectivity index (χ0v) is 77.2. The Hall–Kier alpha value is -2.79. The molecule has 0 radical (unpaired) electrons. The highest BCUT2D eigenvalue weighted by molar-refractivity contribution is 7.47. The maximum atomic E-state index is 14.9. The average Bonchev–Trinajstić information content (AvgIpc) is 0.753. The van der Waals surface area contributed by atoms with E-state index < -0.39 is 162 Å². The lowest BCUT2D eigenvalue weighted by molar-refractivity contribution is -0.360. The molecule has 19 atom stereocenters. The summed E-state index contributed by atoms with van der Waals surface area (Å²) < 4.78 is 73.6. The van der Waals surface area contributed by atoms with Gasteiger partial charge >= 0.3 is 31.7 Å². The van der Waals surface area contributed by atoms with Crippen molar-refractivity contribution in [3.05, 3.63) is 12.2 Å². The summed E-state index contributed by atoms with van der Waals surface area (Å²) in [5, 5.41) is 103. The van der Waals surface area contributed by atoms with Crippen LogP contribution in [-0.4, -0.2) is 205 Å². The first-order chi connectivity index (χ1) is 58.6. The fourth-order valence-electron chi connectivity index (χ4n) is 16.5. The number of hydrogen-bond acceptors (Lipinski definition) is 24. The van der Waals surface area contributed by atoms with E-state index in [1.54, 1.807) is 0 Å². The number of esters is 4. The molecule has 3 rings (SSSR count). The highest BCUT2D eigenvalue weighted by atomic mass is 31.2. The largest absolute Gasteiger partial charge is 0.472 e. The number of unbranched alkanes of at least 4 members (excludes halogenated alkanes) is 50. The Morgan fingerprint density at radius 1 is 0.347 bits per heavy atom. The third-order valence-electron chi connectivity index (χ3n) is 24.4. The summed E-state index contributed by atoms with van der Waals surface area (Å²) in [5.74, 6) is -2.26. The van der Waals surface area contributed by atoms with E-state index in [1.165, 1.54) is 193 Å². The van der Waals surface area contributed by atoms with Crippen LogP contribution >= 0.6 is 7.82 Å². The number of hydrogen-bond donors (Lipinski definition) is 10. The Kier molecular flexibility index (Phi) is 67.8. The van der Waals surface area contributed by atoms with Gasteiger partial charge in [-0.15, -0.1) is 0 Å². The minimum Gasteiger partial charge on any atom is -0.463 e. The second-order valence-corrected chi connectivity index (χ2v) is 37.0. The van der Waals surface area contributed by atoms with Gasteiger partial charge in [-0.05, 0) is 57.3 Å². The molecule has 0 spiro atoms. The van der Waals surface area contributed by atoms with Crippen molar-refractivity contribution in [1.82, 2.24) is 0 Å². The Bertz CT molecular complexity index is 2570. The highest BCUT2D eigenvalue weighted by Crippen LogP contribution is 2.49. The monoisotopic (exact) mass is 1750 g/mol. The van der Waals surface area contributed by atoms with Crippen LogP contribution in [-0.2, 0) is 70.7 Å². The molecule has 2 aliphatic heterocycles. The van der Waals surface area contributed by atoms with Gasteiger partial charge in [-0.1, -0.05) is 368 Å². The van der Waals surface area contributed by atoms with Crippen LogP contribution in [0.25, 0.3) is 0 Å². The molecule has 0 aromatic heterocycles. The van der Waals surface area contributed by atoms with Gasteiger partial charge in [0.1, 0.15) is 92.6 Å². The summed E-state index contributed by atoms with van der Waals surface area (Å²) >= 11 is 0. The lowest BCUT2D eigenvalue weighted by Crippen LogP contribution is -2.70. The molecule has 1 saturated carbocycles. The lowest BCUT2D eigenvalue weighted by Gasteiger charge is -2.50. The fourth-order valence-corrected chi connectivity index (χ4v) is 17.5. The Morgan fingerprint density at radius 3 is 1.07 bits per heavy atom. The molecular weight excluding hydrogens is 1570 g/mol. The lowest BCUT2D eigenvalue weighted by atomic mass is 9.84. The minimum absolute atomic E-state index is 0.0109. The molecule has 0 aromatic carbocycles. The second kappa shape index (κ2) is 73.0. The molecule has 19 unspecified atom stereocenters. The number of ether oxygens (including phenoxy) is 8. The average molecular weight is 1750 g/mol. The zero-order chi connectivity index (χ0) is 88.4. The van der Waals surface area contributed by atoms with Crippen LogP contribution < -0.4 is 0 Å². The van der Waals surface area contributed by atoms with Gasteiger partial charge in [0, 0.05) is 25.7 Å². The minimum atomic E-state index is -5.81. The fraction of sp³-hybridized carbons (Fsp3) is 0.937. The van der Waals surface area contributed by atoms with E-state index in [4.69, 9.17) is 46.9 Å². The van der Waals surface area contributed by atoms with Crippen molar-refractivity contribution in [2.75, 3.05) is 26.4 Å². The molecule has 0 amide bonds. The Balaban J connectivity index is 1.91. The SMILES string of the molecule is CCCCCC/C=C\CCCCCCCCCC(=O)OCC1OC(OC2C(OC(=O)CCCCCCCCCCCCCCCCCC)C(O)C(O)C(OC3OC(CO)C(O)C(O)C3O)C2OP(=O)(O)OCC(COC(=O)CCCCCCCCC(C)CCCCCCCC)OC(=O)CCCCCCCCCCCCCCCCC)C(O)C(O)C1O.